The number of quaternary nitrogens is 1. The van der Waals surface area contributed by atoms with Crippen molar-refractivity contribution in [1.82, 2.24) is 5.32 Å². The Kier molecular flexibility index (Phi) is 6.59. The molecule has 8 heteroatoms. The first-order valence-corrected chi connectivity index (χ1v) is 11.2. The van der Waals surface area contributed by atoms with E-state index in [0.29, 0.717) is 22.8 Å². The lowest BCUT2D eigenvalue weighted by atomic mass is 10.2. The van der Waals surface area contributed by atoms with Crippen LogP contribution in [0.2, 0.25) is 5.02 Å². The normalized spacial score (nSPS) is 14.8. The van der Waals surface area contributed by atoms with E-state index in [1.54, 1.807) is 36.4 Å². The molecule has 0 aliphatic carbocycles. The van der Waals surface area contributed by atoms with E-state index >= 15 is 0 Å². The molecule has 1 heterocycles. The summed E-state index contributed by atoms with van der Waals surface area (Å²) in [7, 11) is -2.34. The number of sulfonamides is 1. The summed E-state index contributed by atoms with van der Waals surface area (Å²) in [6, 6.07) is 12.7. The van der Waals surface area contributed by atoms with Gasteiger partial charge in [-0.05, 0) is 36.4 Å². The maximum atomic E-state index is 13.0. The van der Waals surface area contributed by atoms with Crippen LogP contribution in [-0.4, -0.2) is 47.6 Å². The third kappa shape index (κ3) is 4.84. The van der Waals surface area contributed by atoms with E-state index in [4.69, 9.17) is 11.6 Å². The highest BCUT2D eigenvalue weighted by molar-refractivity contribution is 7.92. The lowest BCUT2D eigenvalue weighted by Crippen LogP contribution is -3.10. The van der Waals surface area contributed by atoms with Crippen LogP contribution in [0.4, 0.5) is 5.69 Å². The van der Waals surface area contributed by atoms with E-state index in [2.05, 4.69) is 5.32 Å². The van der Waals surface area contributed by atoms with Crippen LogP contribution in [0.25, 0.3) is 0 Å². The smallest absolute Gasteiger partial charge is 0.264 e. The summed E-state index contributed by atoms with van der Waals surface area (Å²) in [5, 5.41) is 3.34. The molecule has 2 N–H and O–H groups in total. The molecule has 2 aromatic rings. The molecule has 0 radical (unpaired) electrons. The van der Waals surface area contributed by atoms with Gasteiger partial charge in [0.05, 0.1) is 36.8 Å². The van der Waals surface area contributed by atoms with E-state index in [-0.39, 0.29) is 10.8 Å². The van der Waals surface area contributed by atoms with E-state index in [0.717, 1.165) is 23.9 Å². The van der Waals surface area contributed by atoms with Gasteiger partial charge in [0.2, 0.25) is 0 Å². The Morgan fingerprint density at radius 3 is 2.57 bits per heavy atom. The molecular formula is C20H25ClN3O3S+. The summed E-state index contributed by atoms with van der Waals surface area (Å²) in [6.07, 6.45) is 2.48. The number of carbonyl (C=O) groups is 1. The molecule has 1 aliphatic heterocycles. The first kappa shape index (κ1) is 20.6. The SMILES string of the molecule is CN(c1cccc(Cl)c1)S(=O)(=O)c1cccc(C(=O)NCC[NH+]2CCCC2)c1. The minimum atomic E-state index is -3.81. The van der Waals surface area contributed by atoms with Crippen molar-refractivity contribution in [1.29, 1.82) is 0 Å². The highest BCUT2D eigenvalue weighted by Gasteiger charge is 2.23. The number of hydrogen-bond donors (Lipinski definition) is 2. The van der Waals surface area contributed by atoms with Gasteiger partial charge in [0.15, 0.2) is 0 Å². The zero-order chi connectivity index (χ0) is 20.1. The van der Waals surface area contributed by atoms with E-state index < -0.39 is 10.0 Å². The van der Waals surface area contributed by atoms with Crippen molar-refractivity contribution >= 4 is 33.2 Å². The molecule has 0 aromatic heterocycles. The fourth-order valence-corrected chi connectivity index (χ4v) is 4.76. The Bertz CT molecular complexity index is 943. The summed E-state index contributed by atoms with van der Waals surface area (Å²) >= 11 is 5.97. The van der Waals surface area contributed by atoms with Crippen molar-refractivity contribution in [2.24, 2.45) is 0 Å². The zero-order valence-electron chi connectivity index (χ0n) is 15.8. The third-order valence-electron chi connectivity index (χ3n) is 5.00. The van der Waals surface area contributed by atoms with E-state index in [1.807, 2.05) is 0 Å². The van der Waals surface area contributed by atoms with Crippen LogP contribution in [0.15, 0.2) is 53.4 Å². The number of carbonyl (C=O) groups excluding carboxylic acids is 1. The molecule has 0 unspecified atom stereocenters. The van der Waals surface area contributed by atoms with Gasteiger partial charge in [0.25, 0.3) is 15.9 Å². The molecule has 28 heavy (non-hydrogen) atoms. The van der Waals surface area contributed by atoms with Crippen LogP contribution in [0.3, 0.4) is 0 Å². The van der Waals surface area contributed by atoms with Gasteiger partial charge in [0.1, 0.15) is 0 Å². The van der Waals surface area contributed by atoms with Crippen molar-refractivity contribution in [3.05, 3.63) is 59.1 Å². The monoisotopic (exact) mass is 422 g/mol. The number of likely N-dealkylation sites (tertiary alicyclic amines) is 1. The van der Waals surface area contributed by atoms with Gasteiger partial charge in [0, 0.05) is 30.5 Å². The second kappa shape index (κ2) is 8.94. The van der Waals surface area contributed by atoms with Crippen LogP contribution in [0.5, 0.6) is 0 Å². The van der Waals surface area contributed by atoms with Gasteiger partial charge < -0.3 is 10.2 Å². The van der Waals surface area contributed by atoms with Crippen LogP contribution in [0, 0.1) is 0 Å². The van der Waals surface area contributed by atoms with Crippen molar-refractivity contribution in [3.63, 3.8) is 0 Å². The number of halogens is 1. The molecule has 1 amide bonds. The average molecular weight is 423 g/mol. The van der Waals surface area contributed by atoms with Crippen LogP contribution < -0.4 is 14.5 Å². The largest absolute Gasteiger partial charge is 0.346 e. The second-order valence-corrected chi connectivity index (χ2v) is 9.35. The number of nitrogens with zero attached hydrogens (tertiary/aromatic N) is 1. The Morgan fingerprint density at radius 2 is 1.86 bits per heavy atom. The number of hydrogen-bond acceptors (Lipinski definition) is 3. The summed E-state index contributed by atoms with van der Waals surface area (Å²) in [5.74, 6) is -0.263. The number of anilines is 1. The molecule has 0 atom stereocenters. The minimum absolute atomic E-state index is 0.0628. The Labute approximate surface area is 171 Å². The number of rotatable bonds is 7. The molecular weight excluding hydrogens is 398 g/mol. The molecule has 1 aliphatic rings. The summed E-state index contributed by atoms with van der Waals surface area (Å²) < 4.78 is 27.1. The fraction of sp³-hybridized carbons (Fsp3) is 0.350. The van der Waals surface area contributed by atoms with E-state index in [9.17, 15) is 13.2 Å². The number of nitrogens with one attached hydrogen (secondary N) is 2. The Balaban J connectivity index is 1.71. The summed E-state index contributed by atoms with van der Waals surface area (Å²) in [5.41, 5.74) is 0.785. The molecule has 0 spiro atoms. The van der Waals surface area contributed by atoms with Gasteiger partial charge in [-0.25, -0.2) is 8.42 Å². The highest BCUT2D eigenvalue weighted by atomic mass is 35.5. The Morgan fingerprint density at radius 1 is 1.14 bits per heavy atom. The van der Waals surface area contributed by atoms with Gasteiger partial charge in [-0.3, -0.25) is 9.10 Å². The van der Waals surface area contributed by atoms with Crippen molar-refractivity contribution in [3.8, 4) is 0 Å². The number of amides is 1. The molecule has 1 fully saturated rings. The lowest BCUT2D eigenvalue weighted by molar-refractivity contribution is -0.886. The molecule has 3 rings (SSSR count). The van der Waals surface area contributed by atoms with Crippen LogP contribution >= 0.6 is 11.6 Å². The number of benzene rings is 2. The second-order valence-electron chi connectivity index (χ2n) is 6.94. The highest BCUT2D eigenvalue weighted by Crippen LogP contribution is 2.25. The summed E-state index contributed by atoms with van der Waals surface area (Å²) in [6.45, 7) is 3.77. The maximum Gasteiger partial charge on any atom is 0.264 e. The van der Waals surface area contributed by atoms with Crippen LogP contribution in [0.1, 0.15) is 23.2 Å². The first-order valence-electron chi connectivity index (χ1n) is 9.34. The molecule has 2 aromatic carbocycles. The molecule has 0 bridgehead atoms. The molecule has 6 nitrogen and oxygen atoms in total. The third-order valence-corrected chi connectivity index (χ3v) is 7.02. The average Bonchev–Trinajstić information content (AvgIpc) is 3.21. The van der Waals surface area contributed by atoms with Crippen molar-refractivity contribution < 1.29 is 18.1 Å². The first-order chi connectivity index (χ1) is 13.4. The predicted molar refractivity (Wildman–Crippen MR) is 111 cm³/mol. The minimum Gasteiger partial charge on any atom is -0.346 e. The van der Waals surface area contributed by atoms with E-state index in [1.165, 1.54) is 36.9 Å². The molecule has 1 saturated heterocycles. The quantitative estimate of drug-likeness (QED) is 0.711. The molecule has 150 valence electrons. The molecule has 0 saturated carbocycles. The van der Waals surface area contributed by atoms with Gasteiger partial charge in [-0.15, -0.1) is 0 Å². The van der Waals surface area contributed by atoms with Gasteiger partial charge >= 0.3 is 0 Å². The fourth-order valence-electron chi connectivity index (χ4n) is 3.35. The van der Waals surface area contributed by atoms with Crippen molar-refractivity contribution in [2.75, 3.05) is 37.5 Å². The van der Waals surface area contributed by atoms with Crippen LogP contribution in [-0.2, 0) is 10.0 Å². The van der Waals surface area contributed by atoms with Gasteiger partial charge in [-0.1, -0.05) is 23.7 Å². The topological polar surface area (TPSA) is 70.9 Å². The zero-order valence-corrected chi connectivity index (χ0v) is 17.4. The van der Waals surface area contributed by atoms with Crippen molar-refractivity contribution in [2.45, 2.75) is 17.7 Å². The standard InChI is InChI=1S/C20H24ClN3O3S/c1-23(18-8-5-7-17(21)15-18)28(26,27)19-9-4-6-16(14-19)20(25)22-10-13-24-11-2-3-12-24/h4-9,14-15H,2-3,10-13H2,1H3,(H,22,25)/p+1. The Hall–Kier alpha value is -2.09. The lowest BCUT2D eigenvalue weighted by Gasteiger charge is -2.20. The maximum absolute atomic E-state index is 13.0. The predicted octanol–water partition coefficient (Wildman–Crippen LogP) is 1.57. The summed E-state index contributed by atoms with van der Waals surface area (Å²) in [4.78, 5) is 14.0. The van der Waals surface area contributed by atoms with Gasteiger partial charge in [-0.2, -0.15) is 0 Å².